The summed E-state index contributed by atoms with van der Waals surface area (Å²) in [7, 11) is 3.05. The number of nitriles is 1. The molecule has 1 aliphatic rings. The Morgan fingerprint density at radius 3 is 2.33 bits per heavy atom. The van der Waals surface area contributed by atoms with Gasteiger partial charge in [0.05, 0.1) is 24.0 Å². The highest BCUT2D eigenvalue weighted by atomic mass is 32.2. The van der Waals surface area contributed by atoms with Crippen LogP contribution in [0.2, 0.25) is 0 Å². The Hall–Kier alpha value is -2.16. The molecule has 0 N–H and O–H groups in total. The van der Waals surface area contributed by atoms with Gasteiger partial charge in [-0.1, -0.05) is 30.3 Å². The van der Waals surface area contributed by atoms with E-state index >= 15 is 0 Å². The van der Waals surface area contributed by atoms with E-state index < -0.39 is 0 Å². The first kappa shape index (κ1) is 16.7. The summed E-state index contributed by atoms with van der Waals surface area (Å²) in [6.07, 6.45) is 0. The van der Waals surface area contributed by atoms with Crippen molar-refractivity contribution >= 4 is 33.2 Å². The molecular formula is C19H17NO2S2. The van der Waals surface area contributed by atoms with E-state index in [9.17, 15) is 5.26 Å². The lowest BCUT2D eigenvalue weighted by atomic mass is 10.1. The summed E-state index contributed by atoms with van der Waals surface area (Å²) in [5.74, 6) is 2.43. The highest BCUT2D eigenvalue weighted by Gasteiger charge is 2.20. The fourth-order valence-corrected chi connectivity index (χ4v) is 6.35. The molecule has 2 aromatic carbocycles. The molecule has 0 radical (unpaired) electrons. The normalized spacial score (nSPS) is 18.5. The topological polar surface area (TPSA) is 42.2 Å². The first-order valence-electron chi connectivity index (χ1n) is 7.39. The number of rotatable bonds is 4. The number of methoxy groups -OCH3 is 2. The van der Waals surface area contributed by atoms with Gasteiger partial charge in [0, 0.05) is 16.7 Å². The molecule has 1 aliphatic heterocycles. The second-order valence-electron chi connectivity index (χ2n) is 5.00. The zero-order valence-corrected chi connectivity index (χ0v) is 15.1. The van der Waals surface area contributed by atoms with E-state index in [4.69, 9.17) is 9.47 Å². The van der Waals surface area contributed by atoms with E-state index in [0.717, 1.165) is 37.5 Å². The van der Waals surface area contributed by atoms with E-state index in [-0.39, 0.29) is 10.5 Å². The van der Waals surface area contributed by atoms with Gasteiger partial charge in [0.25, 0.3) is 0 Å². The predicted molar refractivity (Wildman–Crippen MR) is 103 cm³/mol. The average Bonchev–Trinajstić information content (AvgIpc) is 3.12. The van der Waals surface area contributed by atoms with Crippen molar-refractivity contribution < 1.29 is 9.47 Å². The predicted octanol–water partition coefficient (Wildman–Crippen LogP) is 4.77. The summed E-state index contributed by atoms with van der Waals surface area (Å²) < 4.78 is 11.9. The number of hydrogen-bond donors (Lipinski definition) is 0. The van der Waals surface area contributed by atoms with Crippen LogP contribution in [-0.4, -0.2) is 25.3 Å². The molecule has 122 valence electrons. The molecule has 3 nitrogen and oxygen atoms in total. The zero-order chi connectivity index (χ0) is 16.9. The maximum atomic E-state index is 9.73. The second kappa shape index (κ2) is 7.61. The van der Waals surface area contributed by atoms with Crippen molar-refractivity contribution in [3.8, 4) is 17.6 Å². The third-order valence-corrected chi connectivity index (χ3v) is 7.36. The minimum absolute atomic E-state index is 0.248. The molecule has 0 amide bonds. The average molecular weight is 355 g/mol. The van der Waals surface area contributed by atoms with Gasteiger partial charge < -0.3 is 9.47 Å². The molecule has 5 heteroatoms. The van der Waals surface area contributed by atoms with Crippen molar-refractivity contribution in [2.24, 2.45) is 0 Å². The van der Waals surface area contributed by atoms with Crippen molar-refractivity contribution in [3.05, 3.63) is 58.3 Å². The molecule has 0 aromatic heterocycles. The first-order valence-corrected chi connectivity index (χ1v) is 9.66. The highest BCUT2D eigenvalue weighted by Crippen LogP contribution is 2.50. The number of thioether (sulfide) groups is 1. The van der Waals surface area contributed by atoms with E-state index in [0.29, 0.717) is 0 Å². The molecule has 0 saturated heterocycles. The SMILES string of the molecule is COc1cc(OC)cc(S2=CCS/C2=C(\C#N)c2ccccc2)c1. The standard InChI is InChI=1S/C19H17NO2S2/c1-21-15-10-16(22-2)12-17(11-15)24-9-8-23-19(24)18(13-20)14-6-4-3-5-7-14/h3-7,9-12H,8H2,1-2H3/b19-18-. The van der Waals surface area contributed by atoms with E-state index in [1.165, 1.54) is 0 Å². The molecule has 1 atom stereocenters. The number of hydrogen-bond acceptors (Lipinski definition) is 4. The maximum absolute atomic E-state index is 9.73. The molecule has 1 unspecified atom stereocenters. The molecule has 1 heterocycles. The second-order valence-corrected chi connectivity index (χ2v) is 8.18. The van der Waals surface area contributed by atoms with Gasteiger partial charge in [-0.25, -0.2) is 0 Å². The molecule has 24 heavy (non-hydrogen) atoms. The van der Waals surface area contributed by atoms with Gasteiger partial charge in [0.15, 0.2) is 0 Å². The van der Waals surface area contributed by atoms with Crippen LogP contribution >= 0.6 is 22.2 Å². The van der Waals surface area contributed by atoms with Crippen LogP contribution in [0.15, 0.2) is 57.7 Å². The summed E-state index contributed by atoms with van der Waals surface area (Å²) in [5.41, 5.74) is 1.71. The fraction of sp³-hybridized carbons (Fsp3) is 0.158. The lowest BCUT2D eigenvalue weighted by Crippen LogP contribution is -1.90. The first-order chi connectivity index (χ1) is 11.8. The number of benzene rings is 2. The Kier molecular flexibility index (Phi) is 5.29. The van der Waals surface area contributed by atoms with Crippen molar-refractivity contribution in [1.29, 1.82) is 5.26 Å². The van der Waals surface area contributed by atoms with Gasteiger partial charge in [0.1, 0.15) is 17.6 Å². The zero-order valence-electron chi connectivity index (χ0n) is 13.5. The third-order valence-electron chi connectivity index (χ3n) is 3.61. The molecule has 2 aromatic rings. The molecular weight excluding hydrogens is 338 g/mol. The van der Waals surface area contributed by atoms with Crippen molar-refractivity contribution in [3.63, 3.8) is 0 Å². The summed E-state index contributed by atoms with van der Waals surface area (Å²) in [5, 5.41) is 12.0. The van der Waals surface area contributed by atoms with Gasteiger partial charge in [-0.3, -0.25) is 0 Å². The monoisotopic (exact) mass is 355 g/mol. The maximum Gasteiger partial charge on any atom is 0.123 e. The molecule has 0 spiro atoms. The summed E-state index contributed by atoms with van der Waals surface area (Å²) in [6, 6.07) is 18.2. The summed E-state index contributed by atoms with van der Waals surface area (Å²) in [4.78, 5) is 1.11. The van der Waals surface area contributed by atoms with Gasteiger partial charge in [0.2, 0.25) is 0 Å². The quantitative estimate of drug-likeness (QED) is 0.585. The molecule has 0 fully saturated rings. The Labute approximate surface area is 148 Å². The van der Waals surface area contributed by atoms with Crippen LogP contribution < -0.4 is 9.47 Å². The van der Waals surface area contributed by atoms with Gasteiger partial charge >= 0.3 is 0 Å². The Morgan fingerprint density at radius 2 is 1.75 bits per heavy atom. The van der Waals surface area contributed by atoms with Gasteiger partial charge in [-0.15, -0.1) is 22.2 Å². The highest BCUT2D eigenvalue weighted by molar-refractivity contribution is 8.34. The van der Waals surface area contributed by atoms with E-state index in [1.807, 2.05) is 48.5 Å². The smallest absolute Gasteiger partial charge is 0.123 e. The largest absolute Gasteiger partial charge is 0.497 e. The van der Waals surface area contributed by atoms with E-state index in [2.05, 4.69) is 11.4 Å². The third kappa shape index (κ3) is 3.35. The van der Waals surface area contributed by atoms with Gasteiger partial charge in [-0.05, 0) is 23.1 Å². The molecule has 3 rings (SSSR count). The van der Waals surface area contributed by atoms with E-state index in [1.54, 1.807) is 26.0 Å². The van der Waals surface area contributed by atoms with Crippen LogP contribution in [-0.2, 0) is 0 Å². The van der Waals surface area contributed by atoms with Crippen molar-refractivity contribution in [1.82, 2.24) is 0 Å². The Bertz CT molecular complexity index is 829. The lowest BCUT2D eigenvalue weighted by molar-refractivity contribution is 0.392. The summed E-state index contributed by atoms with van der Waals surface area (Å²) >= 11 is 1.73. The number of nitrogens with zero attached hydrogens (tertiary/aromatic N) is 1. The van der Waals surface area contributed by atoms with Crippen LogP contribution in [0.3, 0.4) is 0 Å². The Balaban J connectivity index is 2.12. The fourth-order valence-electron chi connectivity index (χ4n) is 2.44. The van der Waals surface area contributed by atoms with Crippen LogP contribution in [0, 0.1) is 11.3 Å². The molecule has 0 bridgehead atoms. The van der Waals surface area contributed by atoms with Crippen molar-refractivity contribution in [2.45, 2.75) is 4.90 Å². The lowest BCUT2D eigenvalue weighted by Gasteiger charge is -2.13. The summed E-state index contributed by atoms with van der Waals surface area (Å²) in [6.45, 7) is 0. The van der Waals surface area contributed by atoms with Crippen LogP contribution in [0.5, 0.6) is 11.5 Å². The number of ether oxygens (including phenoxy) is 2. The van der Waals surface area contributed by atoms with Crippen LogP contribution in [0.25, 0.3) is 5.57 Å². The van der Waals surface area contributed by atoms with Crippen molar-refractivity contribution in [2.75, 3.05) is 20.0 Å². The van der Waals surface area contributed by atoms with Gasteiger partial charge in [-0.2, -0.15) is 5.26 Å². The molecule has 0 aliphatic carbocycles. The number of allylic oxidation sites excluding steroid dienone is 1. The minimum Gasteiger partial charge on any atom is -0.497 e. The Morgan fingerprint density at radius 1 is 1.08 bits per heavy atom. The van der Waals surface area contributed by atoms with Crippen LogP contribution in [0.1, 0.15) is 5.56 Å². The minimum atomic E-state index is -0.248. The molecule has 0 saturated carbocycles. The van der Waals surface area contributed by atoms with Crippen LogP contribution in [0.4, 0.5) is 0 Å².